The highest BCUT2D eigenvalue weighted by atomic mass is 32.2. The van der Waals surface area contributed by atoms with E-state index in [0.717, 1.165) is 24.3 Å². The maximum Gasteiger partial charge on any atom is 0.337 e. The summed E-state index contributed by atoms with van der Waals surface area (Å²) in [7, 11) is -4.89. The van der Waals surface area contributed by atoms with Gasteiger partial charge in [-0.2, -0.15) is 0 Å². The zero-order chi connectivity index (χ0) is 20.5. The molecule has 140 valence electrons. The summed E-state index contributed by atoms with van der Waals surface area (Å²) in [6.45, 7) is 0. The molecule has 0 saturated heterocycles. The molecule has 0 atom stereocenters. The van der Waals surface area contributed by atoms with E-state index < -0.39 is 65.8 Å². The molecule has 2 aromatic carbocycles. The minimum absolute atomic E-state index is 0.551. The normalized spacial score (nSPS) is 11.0. The highest BCUT2D eigenvalue weighted by Gasteiger charge is 2.30. The highest BCUT2D eigenvalue weighted by molar-refractivity contribution is 7.91. The van der Waals surface area contributed by atoms with E-state index in [2.05, 4.69) is 0 Å². The molecule has 0 unspecified atom stereocenters. The van der Waals surface area contributed by atoms with E-state index in [-0.39, 0.29) is 0 Å². The van der Waals surface area contributed by atoms with Gasteiger partial charge in [0, 0.05) is 0 Å². The van der Waals surface area contributed by atoms with Gasteiger partial charge in [0.2, 0.25) is 9.84 Å². The van der Waals surface area contributed by atoms with Crippen LogP contribution in [-0.2, 0) is 9.84 Å². The molecule has 0 radical (unpaired) electrons. The van der Waals surface area contributed by atoms with Crippen LogP contribution in [0.5, 0.6) is 0 Å². The van der Waals surface area contributed by atoms with Crippen LogP contribution in [0.1, 0.15) is 41.4 Å². The third-order valence-corrected chi connectivity index (χ3v) is 5.33. The quantitative estimate of drug-likeness (QED) is 0.557. The molecule has 0 amide bonds. The number of carbonyl (C=O) groups is 4. The van der Waals surface area contributed by atoms with Gasteiger partial charge in [-0.3, -0.25) is 0 Å². The predicted octanol–water partition coefficient (Wildman–Crippen LogP) is 1.31. The molecule has 0 aliphatic rings. The maximum atomic E-state index is 12.9. The fourth-order valence-corrected chi connectivity index (χ4v) is 3.92. The van der Waals surface area contributed by atoms with Crippen molar-refractivity contribution in [3.8, 4) is 0 Å². The molecular formula is C16H10O10S. The van der Waals surface area contributed by atoms with Crippen molar-refractivity contribution in [3.05, 3.63) is 58.7 Å². The molecule has 10 nitrogen and oxygen atoms in total. The van der Waals surface area contributed by atoms with Crippen LogP contribution in [0, 0.1) is 0 Å². The minimum atomic E-state index is -4.89. The lowest BCUT2D eigenvalue weighted by Gasteiger charge is -2.12. The number of hydrogen-bond donors (Lipinski definition) is 4. The first-order valence-electron chi connectivity index (χ1n) is 6.93. The van der Waals surface area contributed by atoms with E-state index >= 15 is 0 Å². The summed E-state index contributed by atoms with van der Waals surface area (Å²) in [5, 5.41) is 36.5. The van der Waals surface area contributed by atoms with E-state index in [4.69, 9.17) is 10.2 Å². The van der Waals surface area contributed by atoms with Crippen LogP contribution in [0.25, 0.3) is 0 Å². The van der Waals surface area contributed by atoms with Gasteiger partial charge in [0.05, 0.1) is 32.0 Å². The fourth-order valence-electron chi connectivity index (χ4n) is 2.23. The van der Waals surface area contributed by atoms with Crippen molar-refractivity contribution < 1.29 is 48.0 Å². The van der Waals surface area contributed by atoms with Crippen molar-refractivity contribution in [1.82, 2.24) is 0 Å². The second-order valence-electron chi connectivity index (χ2n) is 5.15. The van der Waals surface area contributed by atoms with Gasteiger partial charge >= 0.3 is 23.9 Å². The number of rotatable bonds is 6. The first-order valence-corrected chi connectivity index (χ1v) is 8.41. The summed E-state index contributed by atoms with van der Waals surface area (Å²) in [5.41, 5.74) is -2.69. The lowest BCUT2D eigenvalue weighted by Crippen LogP contribution is -2.15. The Labute approximate surface area is 150 Å². The molecule has 0 aliphatic heterocycles. The summed E-state index contributed by atoms with van der Waals surface area (Å²) >= 11 is 0. The lowest BCUT2D eigenvalue weighted by molar-refractivity contribution is 0.0677. The van der Waals surface area contributed by atoms with Crippen molar-refractivity contribution in [2.75, 3.05) is 0 Å². The Kier molecular flexibility index (Phi) is 4.99. The average Bonchev–Trinajstić information content (AvgIpc) is 2.60. The van der Waals surface area contributed by atoms with Crippen molar-refractivity contribution in [2.45, 2.75) is 9.79 Å². The number of carboxylic acid groups (broad SMARTS) is 4. The van der Waals surface area contributed by atoms with Crippen molar-refractivity contribution >= 4 is 33.7 Å². The third-order valence-electron chi connectivity index (χ3n) is 3.50. The van der Waals surface area contributed by atoms with Crippen LogP contribution in [0.15, 0.2) is 46.2 Å². The smallest absolute Gasteiger partial charge is 0.337 e. The van der Waals surface area contributed by atoms with Gasteiger partial charge in [0.1, 0.15) is 0 Å². The monoisotopic (exact) mass is 394 g/mol. The topological polar surface area (TPSA) is 183 Å². The number of aromatic carboxylic acids is 4. The van der Waals surface area contributed by atoms with Gasteiger partial charge in [-0.05, 0) is 36.4 Å². The van der Waals surface area contributed by atoms with E-state index in [1.54, 1.807) is 0 Å². The molecular weight excluding hydrogens is 384 g/mol. The zero-order valence-corrected chi connectivity index (χ0v) is 13.9. The Hall–Kier alpha value is -3.73. The lowest BCUT2D eigenvalue weighted by atomic mass is 10.1. The first kappa shape index (κ1) is 19.6. The standard InChI is InChI=1S/C16H10O10S/c17-13(18)7-1-3-9(15(21)22)11(5-7)27(25,26)12-6-8(14(19)20)2-4-10(12)16(23)24/h1-6H,(H,17,18)(H,19,20)(H,21,22)(H,23,24). The molecule has 4 N–H and O–H groups in total. The Morgan fingerprint density at radius 3 is 1.19 bits per heavy atom. The third kappa shape index (κ3) is 3.62. The predicted molar refractivity (Wildman–Crippen MR) is 86.2 cm³/mol. The van der Waals surface area contributed by atoms with Crippen LogP contribution < -0.4 is 0 Å². The van der Waals surface area contributed by atoms with Crippen LogP contribution in [0.4, 0.5) is 0 Å². The molecule has 0 fully saturated rings. The summed E-state index contributed by atoms with van der Waals surface area (Å²) in [6.07, 6.45) is 0. The van der Waals surface area contributed by atoms with Gasteiger partial charge in [-0.1, -0.05) is 0 Å². The summed E-state index contributed by atoms with van der Waals surface area (Å²) in [6, 6.07) is 4.38. The minimum Gasteiger partial charge on any atom is -0.478 e. The zero-order valence-electron chi connectivity index (χ0n) is 13.1. The number of hydrogen-bond acceptors (Lipinski definition) is 6. The van der Waals surface area contributed by atoms with Gasteiger partial charge < -0.3 is 20.4 Å². The Morgan fingerprint density at radius 1 is 0.593 bits per heavy atom. The van der Waals surface area contributed by atoms with Crippen molar-refractivity contribution in [3.63, 3.8) is 0 Å². The van der Waals surface area contributed by atoms with Gasteiger partial charge in [0.25, 0.3) is 0 Å². The second-order valence-corrected chi connectivity index (χ2v) is 7.03. The number of benzene rings is 2. The average molecular weight is 394 g/mol. The molecule has 0 spiro atoms. The molecule has 11 heteroatoms. The van der Waals surface area contributed by atoms with Crippen LogP contribution in [0.2, 0.25) is 0 Å². The van der Waals surface area contributed by atoms with Gasteiger partial charge in [-0.15, -0.1) is 0 Å². The number of carboxylic acids is 4. The molecule has 0 aromatic heterocycles. The molecule has 0 aliphatic carbocycles. The summed E-state index contributed by atoms with van der Waals surface area (Å²) in [5.74, 6) is -6.48. The van der Waals surface area contributed by atoms with E-state index in [9.17, 15) is 37.8 Å². The van der Waals surface area contributed by atoms with Gasteiger partial charge in [0.15, 0.2) is 0 Å². The van der Waals surface area contributed by atoms with Crippen molar-refractivity contribution in [1.29, 1.82) is 0 Å². The maximum absolute atomic E-state index is 12.9. The second kappa shape index (κ2) is 6.88. The van der Waals surface area contributed by atoms with Gasteiger partial charge in [-0.25, -0.2) is 27.6 Å². The molecule has 27 heavy (non-hydrogen) atoms. The molecule has 0 bridgehead atoms. The number of sulfone groups is 1. The molecule has 0 saturated carbocycles. The SMILES string of the molecule is O=C(O)c1ccc(C(=O)O)c(S(=O)(=O)c2cc(C(=O)O)ccc2C(=O)O)c1. The van der Waals surface area contributed by atoms with Crippen LogP contribution >= 0.6 is 0 Å². The summed E-state index contributed by atoms with van der Waals surface area (Å²) in [4.78, 5) is 43.0. The van der Waals surface area contributed by atoms with Crippen molar-refractivity contribution in [2.24, 2.45) is 0 Å². The largest absolute Gasteiger partial charge is 0.478 e. The van der Waals surface area contributed by atoms with E-state index in [1.807, 2.05) is 0 Å². The molecule has 0 heterocycles. The molecule has 2 rings (SSSR count). The highest BCUT2D eigenvalue weighted by Crippen LogP contribution is 2.29. The first-order chi connectivity index (χ1) is 12.5. The Balaban J connectivity index is 2.91. The van der Waals surface area contributed by atoms with Crippen LogP contribution in [0.3, 0.4) is 0 Å². The van der Waals surface area contributed by atoms with E-state index in [1.165, 1.54) is 0 Å². The fraction of sp³-hybridized carbons (Fsp3) is 0. The Bertz CT molecular complexity index is 1020. The van der Waals surface area contributed by atoms with E-state index in [0.29, 0.717) is 12.1 Å². The Morgan fingerprint density at radius 2 is 0.926 bits per heavy atom. The summed E-state index contributed by atoms with van der Waals surface area (Å²) < 4.78 is 25.8. The van der Waals surface area contributed by atoms with Crippen LogP contribution in [-0.4, -0.2) is 52.7 Å². The molecule has 2 aromatic rings.